The highest BCUT2D eigenvalue weighted by atomic mass is 16.3. The van der Waals surface area contributed by atoms with Gasteiger partial charge in [-0.2, -0.15) is 9.97 Å². The van der Waals surface area contributed by atoms with Gasteiger partial charge in [-0.1, -0.05) is 13.3 Å². The van der Waals surface area contributed by atoms with Crippen molar-refractivity contribution in [3.8, 4) is 0 Å². The van der Waals surface area contributed by atoms with Crippen LogP contribution in [-0.4, -0.2) is 45.2 Å². The molecule has 0 aliphatic carbocycles. The van der Waals surface area contributed by atoms with Crippen molar-refractivity contribution >= 4 is 22.9 Å². The molecule has 0 aliphatic heterocycles. The first-order chi connectivity index (χ1) is 9.28. The molecule has 2 rings (SSSR count). The highest BCUT2D eigenvalue weighted by molar-refractivity contribution is 5.83. The molecule has 7 nitrogen and oxygen atoms in total. The van der Waals surface area contributed by atoms with Crippen LogP contribution in [0.4, 0.5) is 11.8 Å². The van der Waals surface area contributed by atoms with Crippen LogP contribution in [0.5, 0.6) is 0 Å². The molecule has 0 amide bonds. The van der Waals surface area contributed by atoms with Gasteiger partial charge in [0, 0.05) is 20.2 Å². The minimum Gasteiger partial charge on any atom is -0.396 e. The van der Waals surface area contributed by atoms with Crippen molar-refractivity contribution in [2.75, 3.05) is 30.8 Å². The van der Waals surface area contributed by atoms with Gasteiger partial charge in [0.2, 0.25) is 5.95 Å². The van der Waals surface area contributed by atoms with Crippen LogP contribution in [0.3, 0.4) is 0 Å². The van der Waals surface area contributed by atoms with Crippen molar-refractivity contribution in [1.29, 1.82) is 0 Å². The van der Waals surface area contributed by atoms with Crippen LogP contribution < -0.4 is 10.6 Å². The maximum atomic E-state index is 9.01. The summed E-state index contributed by atoms with van der Waals surface area (Å²) in [6, 6.07) is 0. The minimum absolute atomic E-state index is 0.213. The normalized spacial score (nSPS) is 12.6. The fraction of sp³-hybridized carbons (Fsp3) is 0.583. The van der Waals surface area contributed by atoms with Crippen LogP contribution in [0, 0.1) is 5.92 Å². The van der Waals surface area contributed by atoms with Crippen LogP contribution in [0.15, 0.2) is 6.33 Å². The second kappa shape index (κ2) is 6.33. The lowest BCUT2D eigenvalue weighted by molar-refractivity contribution is 0.258. The van der Waals surface area contributed by atoms with E-state index in [4.69, 9.17) is 5.11 Å². The zero-order valence-corrected chi connectivity index (χ0v) is 11.3. The molecule has 0 aromatic carbocycles. The predicted molar refractivity (Wildman–Crippen MR) is 75.2 cm³/mol. The van der Waals surface area contributed by atoms with E-state index in [-0.39, 0.29) is 6.61 Å². The molecule has 0 saturated heterocycles. The Morgan fingerprint density at radius 3 is 2.95 bits per heavy atom. The molecule has 0 bridgehead atoms. The molecule has 2 aromatic heterocycles. The molecule has 0 radical (unpaired) electrons. The molecule has 0 fully saturated rings. The number of anilines is 2. The van der Waals surface area contributed by atoms with Gasteiger partial charge in [0.15, 0.2) is 11.5 Å². The van der Waals surface area contributed by atoms with Gasteiger partial charge in [0.25, 0.3) is 0 Å². The van der Waals surface area contributed by atoms with Gasteiger partial charge in [-0.15, -0.1) is 0 Å². The molecule has 19 heavy (non-hydrogen) atoms. The molecule has 0 saturated carbocycles. The number of aliphatic hydroxyl groups excluding tert-OH is 1. The number of aromatic amines is 1. The summed E-state index contributed by atoms with van der Waals surface area (Å²) in [6.45, 7) is 3.10. The third-order valence-electron chi connectivity index (χ3n) is 3.18. The van der Waals surface area contributed by atoms with Crippen LogP contribution in [0.25, 0.3) is 11.2 Å². The molecule has 7 heteroatoms. The van der Waals surface area contributed by atoms with E-state index >= 15 is 0 Å². The summed E-state index contributed by atoms with van der Waals surface area (Å²) in [6.07, 6.45) is 3.41. The summed E-state index contributed by atoms with van der Waals surface area (Å²) in [5.41, 5.74) is 1.44. The van der Waals surface area contributed by atoms with Crippen molar-refractivity contribution < 1.29 is 5.11 Å². The number of rotatable bonds is 7. The Hall–Kier alpha value is -1.89. The quantitative estimate of drug-likeness (QED) is 0.600. The number of nitrogens with one attached hydrogen (secondary N) is 3. The third-order valence-corrected chi connectivity index (χ3v) is 3.18. The highest BCUT2D eigenvalue weighted by Gasteiger charge is 2.11. The largest absolute Gasteiger partial charge is 0.396 e. The fourth-order valence-electron chi connectivity index (χ4n) is 1.95. The molecule has 104 valence electrons. The van der Waals surface area contributed by atoms with E-state index in [2.05, 4.69) is 37.5 Å². The molecule has 1 atom stereocenters. The van der Waals surface area contributed by atoms with E-state index in [1.807, 2.05) is 0 Å². The maximum absolute atomic E-state index is 9.01. The standard InChI is InChI=1S/C12H20N6O/c1-3-8(4-5-19)6-14-10-9-11(16-7-15-9)18-12(13-2)17-10/h7-8,19H,3-6H2,1-2H3,(H3,13,14,15,16,17,18). The first-order valence-electron chi connectivity index (χ1n) is 6.52. The van der Waals surface area contributed by atoms with Gasteiger partial charge in [-0.3, -0.25) is 0 Å². The molecule has 1 unspecified atom stereocenters. The number of hydrogen-bond donors (Lipinski definition) is 4. The lowest BCUT2D eigenvalue weighted by Crippen LogP contribution is -2.16. The second-order valence-corrected chi connectivity index (χ2v) is 4.41. The molecule has 2 heterocycles. The van der Waals surface area contributed by atoms with Crippen molar-refractivity contribution in [3.05, 3.63) is 6.33 Å². The Bertz CT molecular complexity index is 526. The smallest absolute Gasteiger partial charge is 0.226 e. The van der Waals surface area contributed by atoms with Crippen molar-refractivity contribution in [2.45, 2.75) is 19.8 Å². The molecular formula is C12H20N6O. The van der Waals surface area contributed by atoms with E-state index in [1.54, 1.807) is 13.4 Å². The number of fused-ring (bicyclic) bond motifs is 1. The van der Waals surface area contributed by atoms with Gasteiger partial charge < -0.3 is 20.7 Å². The van der Waals surface area contributed by atoms with E-state index < -0.39 is 0 Å². The molecule has 4 N–H and O–H groups in total. The van der Waals surface area contributed by atoms with Crippen LogP contribution in [0.2, 0.25) is 0 Å². The van der Waals surface area contributed by atoms with Crippen molar-refractivity contribution in [3.63, 3.8) is 0 Å². The Labute approximate surface area is 111 Å². The van der Waals surface area contributed by atoms with E-state index in [1.165, 1.54) is 0 Å². The topological polar surface area (TPSA) is 98.8 Å². The van der Waals surface area contributed by atoms with Crippen molar-refractivity contribution in [1.82, 2.24) is 19.9 Å². The zero-order chi connectivity index (χ0) is 13.7. The number of hydrogen-bond acceptors (Lipinski definition) is 6. The Morgan fingerprint density at radius 1 is 1.42 bits per heavy atom. The van der Waals surface area contributed by atoms with Crippen molar-refractivity contribution in [2.24, 2.45) is 5.92 Å². The second-order valence-electron chi connectivity index (χ2n) is 4.41. The summed E-state index contributed by atoms with van der Waals surface area (Å²) in [5.74, 6) is 1.71. The first kappa shape index (κ1) is 13.5. The van der Waals surface area contributed by atoms with Crippen LogP contribution in [-0.2, 0) is 0 Å². The molecule has 2 aromatic rings. The summed E-state index contributed by atoms with van der Waals surface area (Å²) < 4.78 is 0. The van der Waals surface area contributed by atoms with Gasteiger partial charge in [0.05, 0.1) is 6.33 Å². The number of H-pyrrole nitrogens is 1. The number of aromatic nitrogens is 4. The monoisotopic (exact) mass is 264 g/mol. The third kappa shape index (κ3) is 3.11. The summed E-state index contributed by atoms with van der Waals surface area (Å²) in [5, 5.41) is 15.2. The van der Waals surface area contributed by atoms with Gasteiger partial charge in [-0.05, 0) is 12.3 Å². The first-order valence-corrected chi connectivity index (χ1v) is 6.52. The summed E-state index contributed by atoms with van der Waals surface area (Å²) in [4.78, 5) is 15.8. The van der Waals surface area contributed by atoms with Gasteiger partial charge >= 0.3 is 0 Å². The average molecular weight is 264 g/mol. The van der Waals surface area contributed by atoms with E-state index in [9.17, 15) is 0 Å². The van der Waals surface area contributed by atoms with Crippen LogP contribution in [0.1, 0.15) is 19.8 Å². The number of aliphatic hydroxyl groups is 1. The summed E-state index contributed by atoms with van der Waals surface area (Å²) in [7, 11) is 1.78. The highest BCUT2D eigenvalue weighted by Crippen LogP contribution is 2.19. The zero-order valence-electron chi connectivity index (χ0n) is 11.3. The van der Waals surface area contributed by atoms with E-state index in [0.717, 1.165) is 30.7 Å². The minimum atomic E-state index is 0.213. The molecule has 0 aliphatic rings. The fourth-order valence-corrected chi connectivity index (χ4v) is 1.95. The van der Waals surface area contributed by atoms with Gasteiger partial charge in [-0.25, -0.2) is 4.98 Å². The Morgan fingerprint density at radius 2 is 2.26 bits per heavy atom. The average Bonchev–Trinajstić information content (AvgIpc) is 2.91. The lowest BCUT2D eigenvalue weighted by atomic mass is 10.0. The van der Waals surface area contributed by atoms with E-state index in [0.29, 0.717) is 17.5 Å². The maximum Gasteiger partial charge on any atom is 0.226 e. The van der Waals surface area contributed by atoms with Gasteiger partial charge in [0.1, 0.15) is 5.52 Å². The number of nitrogens with zero attached hydrogens (tertiary/aromatic N) is 3. The summed E-state index contributed by atoms with van der Waals surface area (Å²) >= 11 is 0. The SMILES string of the molecule is CCC(CCO)CNc1nc(NC)nc2nc[nH]c12. The number of imidazole rings is 1. The molecular weight excluding hydrogens is 244 g/mol. The predicted octanol–water partition coefficient (Wildman–Crippen LogP) is 1.22. The van der Waals surface area contributed by atoms with Crippen LogP contribution >= 0.6 is 0 Å². The lowest BCUT2D eigenvalue weighted by Gasteiger charge is -2.15. The molecule has 0 spiro atoms. The Kier molecular flexibility index (Phi) is 4.51. The Balaban J connectivity index is 2.16.